The molecule has 1 atom stereocenters. The van der Waals surface area contributed by atoms with Crippen LogP contribution in [0.5, 0.6) is 0 Å². The smallest absolute Gasteiger partial charge is 0.236 e. The van der Waals surface area contributed by atoms with Crippen molar-refractivity contribution < 1.29 is 9.18 Å². The minimum atomic E-state index is -0.289. The van der Waals surface area contributed by atoms with Crippen molar-refractivity contribution in [2.45, 2.75) is 12.6 Å². The molecule has 1 unspecified atom stereocenters. The van der Waals surface area contributed by atoms with Crippen LogP contribution >= 0.6 is 24.0 Å². The highest BCUT2D eigenvalue weighted by Gasteiger charge is 2.27. The number of nitrogens with one attached hydrogen (secondary N) is 1. The van der Waals surface area contributed by atoms with Crippen LogP contribution in [-0.4, -0.2) is 48.9 Å². The molecule has 7 heteroatoms. The summed E-state index contributed by atoms with van der Waals surface area (Å²) in [5.41, 5.74) is 1.54. The van der Waals surface area contributed by atoms with E-state index < -0.39 is 0 Å². The predicted octanol–water partition coefficient (Wildman–Crippen LogP) is 3.51. The highest BCUT2D eigenvalue weighted by atomic mass is 35.5. The molecule has 0 radical (unpaired) electrons. The molecular formula is C20H24Cl2FN3O. The van der Waals surface area contributed by atoms with Gasteiger partial charge in [0, 0.05) is 49.9 Å². The fraction of sp³-hybridized carbons (Fsp3) is 0.350. The number of halogens is 3. The number of piperazine rings is 1. The number of nitrogens with zero attached hydrogens (tertiary/aromatic N) is 2. The van der Waals surface area contributed by atoms with Crippen molar-refractivity contribution in [2.75, 3.05) is 33.2 Å². The van der Waals surface area contributed by atoms with Gasteiger partial charge in [-0.1, -0.05) is 48.0 Å². The third-order valence-electron chi connectivity index (χ3n) is 4.75. The SMILES string of the molecule is CN(Cc1ccccc1F)C(=O)CN1CCNCC1c1ccccc1Cl.Cl. The number of hydrogen-bond acceptors (Lipinski definition) is 3. The van der Waals surface area contributed by atoms with Gasteiger partial charge in [0.15, 0.2) is 0 Å². The minimum Gasteiger partial charge on any atom is -0.340 e. The van der Waals surface area contributed by atoms with E-state index in [2.05, 4.69) is 10.2 Å². The summed E-state index contributed by atoms with van der Waals surface area (Å²) in [5.74, 6) is -0.324. The number of likely N-dealkylation sites (N-methyl/N-ethyl adjacent to an activating group) is 1. The molecule has 27 heavy (non-hydrogen) atoms. The van der Waals surface area contributed by atoms with E-state index in [0.29, 0.717) is 10.6 Å². The van der Waals surface area contributed by atoms with E-state index in [9.17, 15) is 9.18 Å². The number of benzene rings is 2. The summed E-state index contributed by atoms with van der Waals surface area (Å²) in [6, 6.07) is 14.3. The zero-order chi connectivity index (χ0) is 18.5. The second kappa shape index (κ2) is 10.0. The van der Waals surface area contributed by atoms with Crippen LogP contribution in [0.4, 0.5) is 4.39 Å². The number of carbonyl (C=O) groups is 1. The minimum absolute atomic E-state index is 0. The molecular weight excluding hydrogens is 388 g/mol. The van der Waals surface area contributed by atoms with Crippen molar-refractivity contribution in [3.05, 3.63) is 70.5 Å². The number of amides is 1. The van der Waals surface area contributed by atoms with Gasteiger partial charge in [-0.25, -0.2) is 4.39 Å². The quantitative estimate of drug-likeness (QED) is 0.817. The van der Waals surface area contributed by atoms with Crippen LogP contribution in [0, 0.1) is 5.82 Å². The summed E-state index contributed by atoms with van der Waals surface area (Å²) in [6.45, 7) is 2.87. The molecule has 1 aliphatic rings. The maximum Gasteiger partial charge on any atom is 0.236 e. The van der Waals surface area contributed by atoms with E-state index in [-0.39, 0.29) is 43.3 Å². The van der Waals surface area contributed by atoms with Crippen LogP contribution < -0.4 is 5.32 Å². The largest absolute Gasteiger partial charge is 0.340 e. The van der Waals surface area contributed by atoms with Crippen LogP contribution in [0.2, 0.25) is 5.02 Å². The van der Waals surface area contributed by atoms with E-state index in [1.807, 2.05) is 24.3 Å². The highest BCUT2D eigenvalue weighted by Crippen LogP contribution is 2.28. The average molecular weight is 412 g/mol. The van der Waals surface area contributed by atoms with Gasteiger partial charge >= 0.3 is 0 Å². The van der Waals surface area contributed by atoms with Crippen molar-refractivity contribution in [1.82, 2.24) is 15.1 Å². The van der Waals surface area contributed by atoms with Gasteiger partial charge < -0.3 is 10.2 Å². The van der Waals surface area contributed by atoms with Gasteiger partial charge in [-0.3, -0.25) is 9.69 Å². The molecule has 1 aliphatic heterocycles. The Hall–Kier alpha value is -1.66. The summed E-state index contributed by atoms with van der Waals surface area (Å²) < 4.78 is 13.8. The van der Waals surface area contributed by atoms with Crippen molar-refractivity contribution >= 4 is 29.9 Å². The van der Waals surface area contributed by atoms with Gasteiger partial charge in [0.05, 0.1) is 6.54 Å². The first-order chi connectivity index (χ1) is 12.6. The summed E-state index contributed by atoms with van der Waals surface area (Å²) in [5, 5.41) is 4.07. The van der Waals surface area contributed by atoms with E-state index in [1.54, 1.807) is 30.1 Å². The molecule has 1 heterocycles. The van der Waals surface area contributed by atoms with E-state index in [0.717, 1.165) is 25.2 Å². The fourth-order valence-electron chi connectivity index (χ4n) is 3.25. The maximum absolute atomic E-state index is 13.8. The second-order valence-electron chi connectivity index (χ2n) is 6.55. The van der Waals surface area contributed by atoms with Gasteiger partial charge in [0.1, 0.15) is 5.82 Å². The van der Waals surface area contributed by atoms with Gasteiger partial charge in [-0.2, -0.15) is 0 Å². The normalized spacial score (nSPS) is 17.2. The van der Waals surface area contributed by atoms with Gasteiger partial charge in [-0.15, -0.1) is 12.4 Å². The van der Waals surface area contributed by atoms with E-state index in [4.69, 9.17) is 11.6 Å². The number of carbonyl (C=O) groups excluding carboxylic acids is 1. The van der Waals surface area contributed by atoms with Crippen LogP contribution in [0.15, 0.2) is 48.5 Å². The lowest BCUT2D eigenvalue weighted by atomic mass is 10.0. The van der Waals surface area contributed by atoms with Crippen molar-refractivity contribution in [1.29, 1.82) is 0 Å². The van der Waals surface area contributed by atoms with Crippen molar-refractivity contribution in [2.24, 2.45) is 0 Å². The van der Waals surface area contributed by atoms with Crippen molar-refractivity contribution in [3.63, 3.8) is 0 Å². The maximum atomic E-state index is 13.8. The van der Waals surface area contributed by atoms with E-state index in [1.165, 1.54) is 6.07 Å². The fourth-order valence-corrected chi connectivity index (χ4v) is 3.51. The molecule has 2 aromatic rings. The first-order valence-electron chi connectivity index (χ1n) is 8.73. The number of hydrogen-bond donors (Lipinski definition) is 1. The van der Waals surface area contributed by atoms with Crippen molar-refractivity contribution in [3.8, 4) is 0 Å². The Balaban J connectivity index is 0.00000261. The molecule has 1 saturated heterocycles. The zero-order valence-corrected chi connectivity index (χ0v) is 16.8. The molecule has 1 N–H and O–H groups in total. The lowest BCUT2D eigenvalue weighted by Gasteiger charge is -2.37. The van der Waals surface area contributed by atoms with Gasteiger partial charge in [0.25, 0.3) is 0 Å². The Kier molecular flexibility index (Phi) is 8.05. The third kappa shape index (κ3) is 5.42. The molecule has 0 spiro atoms. The topological polar surface area (TPSA) is 35.6 Å². The Morgan fingerprint density at radius 3 is 2.70 bits per heavy atom. The molecule has 0 bridgehead atoms. The van der Waals surface area contributed by atoms with E-state index >= 15 is 0 Å². The Labute approximate surface area is 170 Å². The van der Waals surface area contributed by atoms with Crippen LogP contribution in [0.3, 0.4) is 0 Å². The predicted molar refractivity (Wildman–Crippen MR) is 109 cm³/mol. The lowest BCUT2D eigenvalue weighted by molar-refractivity contribution is -0.132. The highest BCUT2D eigenvalue weighted by molar-refractivity contribution is 6.31. The third-order valence-corrected chi connectivity index (χ3v) is 5.09. The molecule has 146 valence electrons. The lowest BCUT2D eigenvalue weighted by Crippen LogP contribution is -2.49. The zero-order valence-electron chi connectivity index (χ0n) is 15.2. The van der Waals surface area contributed by atoms with Crippen LogP contribution in [0.25, 0.3) is 0 Å². The Bertz CT molecular complexity index is 774. The molecule has 1 amide bonds. The summed E-state index contributed by atoms with van der Waals surface area (Å²) in [7, 11) is 1.71. The molecule has 4 nitrogen and oxygen atoms in total. The van der Waals surface area contributed by atoms with Gasteiger partial charge in [0.2, 0.25) is 5.91 Å². The Morgan fingerprint density at radius 2 is 1.96 bits per heavy atom. The molecule has 1 fully saturated rings. The average Bonchev–Trinajstić information content (AvgIpc) is 2.64. The molecule has 0 saturated carbocycles. The molecule has 0 aromatic heterocycles. The summed E-state index contributed by atoms with van der Waals surface area (Å²) in [4.78, 5) is 16.4. The standard InChI is InChI=1S/C20H23ClFN3O.ClH/c1-24(13-15-6-2-5-9-18(15)22)20(26)14-25-11-10-23-12-19(25)16-7-3-4-8-17(16)21;/h2-9,19,23H,10-14H2,1H3;1H. The van der Waals surface area contributed by atoms with Gasteiger partial charge in [-0.05, 0) is 17.7 Å². The summed E-state index contributed by atoms with van der Waals surface area (Å²) in [6.07, 6.45) is 0. The number of rotatable bonds is 5. The summed E-state index contributed by atoms with van der Waals surface area (Å²) >= 11 is 6.36. The molecule has 2 aromatic carbocycles. The second-order valence-corrected chi connectivity index (χ2v) is 6.96. The molecule has 0 aliphatic carbocycles. The monoisotopic (exact) mass is 411 g/mol. The van der Waals surface area contributed by atoms with Crippen LogP contribution in [0.1, 0.15) is 17.2 Å². The first-order valence-corrected chi connectivity index (χ1v) is 9.10. The Morgan fingerprint density at radius 1 is 1.26 bits per heavy atom. The van der Waals surface area contributed by atoms with Crippen LogP contribution in [-0.2, 0) is 11.3 Å². The molecule has 3 rings (SSSR count). The first kappa shape index (κ1) is 21.6.